The van der Waals surface area contributed by atoms with E-state index < -0.39 is 12.0 Å². The van der Waals surface area contributed by atoms with Crippen molar-refractivity contribution in [2.45, 2.75) is 38.6 Å². The standard InChI is InChI=1S/C11H17NO3/c1-8(13)12-10(11(14)15)7-9-5-3-2-4-6-9/h2-3,9-10H,4-7H2,1H3,(H,12,13)(H,14,15). The van der Waals surface area contributed by atoms with E-state index in [1.54, 1.807) is 0 Å². The van der Waals surface area contributed by atoms with Crippen molar-refractivity contribution >= 4 is 11.9 Å². The Morgan fingerprint density at radius 2 is 2.27 bits per heavy atom. The predicted molar refractivity (Wildman–Crippen MR) is 56.3 cm³/mol. The minimum Gasteiger partial charge on any atom is -0.480 e. The Morgan fingerprint density at radius 3 is 2.73 bits per heavy atom. The molecule has 0 spiro atoms. The van der Waals surface area contributed by atoms with Crippen LogP contribution in [0.5, 0.6) is 0 Å². The molecule has 4 nitrogen and oxygen atoms in total. The summed E-state index contributed by atoms with van der Waals surface area (Å²) >= 11 is 0. The van der Waals surface area contributed by atoms with Crippen molar-refractivity contribution in [3.05, 3.63) is 12.2 Å². The molecule has 0 fully saturated rings. The lowest BCUT2D eigenvalue weighted by molar-refractivity contribution is -0.142. The Bertz CT molecular complexity index is 273. The summed E-state index contributed by atoms with van der Waals surface area (Å²) in [7, 11) is 0. The lowest BCUT2D eigenvalue weighted by Crippen LogP contribution is -2.41. The zero-order chi connectivity index (χ0) is 11.3. The Hall–Kier alpha value is -1.32. The van der Waals surface area contributed by atoms with E-state index in [1.807, 2.05) is 0 Å². The van der Waals surface area contributed by atoms with Crippen LogP contribution in [0.3, 0.4) is 0 Å². The van der Waals surface area contributed by atoms with E-state index in [2.05, 4.69) is 17.5 Å². The fourth-order valence-corrected chi connectivity index (χ4v) is 1.87. The number of allylic oxidation sites excluding steroid dienone is 2. The van der Waals surface area contributed by atoms with Gasteiger partial charge in [-0.2, -0.15) is 0 Å². The molecule has 2 unspecified atom stereocenters. The fourth-order valence-electron chi connectivity index (χ4n) is 1.87. The minimum atomic E-state index is -0.945. The van der Waals surface area contributed by atoms with Crippen LogP contribution in [0.2, 0.25) is 0 Å². The SMILES string of the molecule is CC(=O)NC(CC1CC=CCC1)C(=O)O. The number of aliphatic carboxylic acids is 1. The smallest absolute Gasteiger partial charge is 0.326 e. The van der Waals surface area contributed by atoms with Crippen LogP contribution in [0, 0.1) is 5.92 Å². The molecule has 0 aromatic rings. The van der Waals surface area contributed by atoms with E-state index >= 15 is 0 Å². The van der Waals surface area contributed by atoms with Gasteiger partial charge in [0.2, 0.25) is 5.91 Å². The van der Waals surface area contributed by atoms with E-state index in [0.29, 0.717) is 12.3 Å². The maximum Gasteiger partial charge on any atom is 0.326 e. The van der Waals surface area contributed by atoms with Gasteiger partial charge < -0.3 is 10.4 Å². The fraction of sp³-hybridized carbons (Fsp3) is 0.636. The van der Waals surface area contributed by atoms with Gasteiger partial charge >= 0.3 is 5.97 Å². The maximum atomic E-state index is 10.9. The molecular formula is C11H17NO3. The second-order valence-corrected chi connectivity index (χ2v) is 3.98. The van der Waals surface area contributed by atoms with Gasteiger partial charge in [0, 0.05) is 6.92 Å². The first kappa shape index (κ1) is 11.8. The largest absolute Gasteiger partial charge is 0.480 e. The molecule has 1 amide bonds. The number of carbonyl (C=O) groups is 2. The molecule has 84 valence electrons. The van der Waals surface area contributed by atoms with Crippen LogP contribution in [-0.4, -0.2) is 23.0 Å². The molecule has 0 aromatic carbocycles. The van der Waals surface area contributed by atoms with Crippen molar-refractivity contribution in [3.63, 3.8) is 0 Å². The number of hydrogen-bond acceptors (Lipinski definition) is 2. The second-order valence-electron chi connectivity index (χ2n) is 3.98. The molecule has 1 rings (SSSR count). The summed E-state index contributed by atoms with van der Waals surface area (Å²) in [5.41, 5.74) is 0. The normalized spacial score (nSPS) is 22.1. The Kier molecular flexibility index (Phi) is 4.34. The zero-order valence-corrected chi connectivity index (χ0v) is 8.90. The second kappa shape index (κ2) is 5.53. The summed E-state index contributed by atoms with van der Waals surface area (Å²) < 4.78 is 0. The zero-order valence-electron chi connectivity index (χ0n) is 8.90. The molecule has 0 saturated carbocycles. The van der Waals surface area contributed by atoms with Gasteiger partial charge in [0.15, 0.2) is 0 Å². The molecule has 1 aliphatic rings. The molecule has 0 radical (unpaired) electrons. The summed E-state index contributed by atoms with van der Waals surface area (Å²) in [5.74, 6) is -0.851. The maximum absolute atomic E-state index is 10.9. The average molecular weight is 211 g/mol. The van der Waals surface area contributed by atoms with E-state index in [-0.39, 0.29) is 5.91 Å². The van der Waals surface area contributed by atoms with E-state index in [1.165, 1.54) is 6.92 Å². The third-order valence-electron chi connectivity index (χ3n) is 2.62. The van der Waals surface area contributed by atoms with E-state index in [9.17, 15) is 9.59 Å². The Morgan fingerprint density at radius 1 is 1.53 bits per heavy atom. The highest BCUT2D eigenvalue weighted by Crippen LogP contribution is 2.22. The summed E-state index contributed by atoms with van der Waals surface area (Å²) in [5, 5.41) is 11.4. The number of carbonyl (C=O) groups excluding carboxylic acids is 1. The highest BCUT2D eigenvalue weighted by Gasteiger charge is 2.23. The highest BCUT2D eigenvalue weighted by atomic mass is 16.4. The molecular weight excluding hydrogens is 194 g/mol. The molecule has 2 atom stereocenters. The topological polar surface area (TPSA) is 66.4 Å². The van der Waals surface area contributed by atoms with Crippen LogP contribution in [0.25, 0.3) is 0 Å². The van der Waals surface area contributed by atoms with Crippen LogP contribution in [-0.2, 0) is 9.59 Å². The van der Waals surface area contributed by atoms with Crippen molar-refractivity contribution in [2.24, 2.45) is 5.92 Å². The van der Waals surface area contributed by atoms with Crippen LogP contribution in [0.15, 0.2) is 12.2 Å². The highest BCUT2D eigenvalue weighted by molar-refractivity contribution is 5.82. The van der Waals surface area contributed by atoms with Crippen LogP contribution in [0.1, 0.15) is 32.6 Å². The summed E-state index contributed by atoms with van der Waals surface area (Å²) in [6.45, 7) is 1.34. The first-order valence-electron chi connectivity index (χ1n) is 5.24. The third-order valence-corrected chi connectivity index (χ3v) is 2.62. The molecule has 0 saturated heterocycles. The van der Waals surface area contributed by atoms with Gasteiger partial charge in [-0.1, -0.05) is 12.2 Å². The van der Waals surface area contributed by atoms with Crippen molar-refractivity contribution in [1.29, 1.82) is 0 Å². The minimum absolute atomic E-state index is 0.284. The monoisotopic (exact) mass is 211 g/mol. The Balaban J connectivity index is 2.46. The molecule has 0 heterocycles. The molecule has 4 heteroatoms. The predicted octanol–water partition coefficient (Wildman–Crippen LogP) is 1.32. The molecule has 2 N–H and O–H groups in total. The number of carboxylic acids is 1. The summed E-state index contributed by atoms with van der Waals surface area (Å²) in [6.07, 6.45) is 7.67. The number of amides is 1. The van der Waals surface area contributed by atoms with Crippen LogP contribution >= 0.6 is 0 Å². The van der Waals surface area contributed by atoms with Crippen molar-refractivity contribution in [1.82, 2.24) is 5.32 Å². The number of rotatable bonds is 4. The van der Waals surface area contributed by atoms with Gasteiger partial charge in [-0.3, -0.25) is 4.79 Å². The first-order valence-corrected chi connectivity index (χ1v) is 5.24. The lowest BCUT2D eigenvalue weighted by Gasteiger charge is -2.22. The summed E-state index contributed by atoms with van der Waals surface area (Å²) in [6, 6.07) is -0.737. The van der Waals surface area contributed by atoms with Gasteiger partial charge in [0.1, 0.15) is 6.04 Å². The lowest BCUT2D eigenvalue weighted by atomic mass is 9.88. The average Bonchev–Trinajstić information content (AvgIpc) is 2.17. The molecule has 0 bridgehead atoms. The van der Waals surface area contributed by atoms with Crippen LogP contribution in [0.4, 0.5) is 0 Å². The summed E-state index contributed by atoms with van der Waals surface area (Å²) in [4.78, 5) is 21.7. The quantitative estimate of drug-likeness (QED) is 0.689. The van der Waals surface area contributed by atoms with Crippen molar-refractivity contribution in [2.75, 3.05) is 0 Å². The van der Waals surface area contributed by atoms with E-state index in [0.717, 1.165) is 19.3 Å². The van der Waals surface area contributed by atoms with Gasteiger partial charge in [0.25, 0.3) is 0 Å². The van der Waals surface area contributed by atoms with Crippen molar-refractivity contribution in [3.8, 4) is 0 Å². The number of hydrogen-bond donors (Lipinski definition) is 2. The molecule has 0 aromatic heterocycles. The number of nitrogens with one attached hydrogen (secondary N) is 1. The van der Waals surface area contributed by atoms with E-state index in [4.69, 9.17) is 5.11 Å². The van der Waals surface area contributed by atoms with Gasteiger partial charge in [0.05, 0.1) is 0 Å². The Labute approximate surface area is 89.4 Å². The van der Waals surface area contributed by atoms with Gasteiger partial charge in [-0.15, -0.1) is 0 Å². The third kappa shape index (κ3) is 4.14. The van der Waals surface area contributed by atoms with Crippen molar-refractivity contribution < 1.29 is 14.7 Å². The van der Waals surface area contributed by atoms with Gasteiger partial charge in [-0.05, 0) is 31.6 Å². The number of carboxylic acid groups (broad SMARTS) is 1. The first-order chi connectivity index (χ1) is 7.09. The van der Waals surface area contributed by atoms with Gasteiger partial charge in [-0.25, -0.2) is 4.79 Å². The molecule has 0 aliphatic heterocycles. The van der Waals surface area contributed by atoms with Crippen LogP contribution < -0.4 is 5.32 Å². The molecule has 1 aliphatic carbocycles. The molecule has 15 heavy (non-hydrogen) atoms.